The van der Waals surface area contributed by atoms with E-state index >= 15 is 0 Å². The van der Waals surface area contributed by atoms with Gasteiger partial charge >= 0.3 is 29.8 Å². The number of hydrogen-bond acceptors (Lipinski definition) is 17. The molecule has 0 aliphatic carbocycles. The summed E-state index contributed by atoms with van der Waals surface area (Å²) in [7, 11) is 3.67. The SMILES string of the molecule is C1CCOC1.C=C(C)C(=O)OCCCC(=O)OCCN(C)CCOC(=O)CCCOC(=O)C(=C)C.C=C(C)C(=O)OCCOC#N.CN(CCO)CCO. The smallest absolute Gasteiger partial charge is 0.333 e. The van der Waals surface area contributed by atoms with Gasteiger partial charge < -0.3 is 48.3 Å². The van der Waals surface area contributed by atoms with Gasteiger partial charge in [0, 0.05) is 69.0 Å². The summed E-state index contributed by atoms with van der Waals surface area (Å²) in [6.45, 7) is 20.4. The van der Waals surface area contributed by atoms with Gasteiger partial charge in [0.2, 0.25) is 0 Å². The number of nitrogens with zero attached hydrogens (tertiary/aromatic N) is 3. The minimum absolute atomic E-state index is 0.0826. The number of aliphatic hydroxyl groups excluding tert-OH is 2. The molecule has 17 heteroatoms. The van der Waals surface area contributed by atoms with Gasteiger partial charge in [0.15, 0.2) is 0 Å². The van der Waals surface area contributed by atoms with Crippen molar-refractivity contribution >= 4 is 29.8 Å². The van der Waals surface area contributed by atoms with Crippen LogP contribution in [0.4, 0.5) is 0 Å². The minimum atomic E-state index is -0.475. The third-order valence-electron chi connectivity index (χ3n) is 6.31. The molecule has 0 amide bonds. The Morgan fingerprint density at radius 1 is 0.611 bits per heavy atom. The topological polar surface area (TPSA) is 221 Å². The lowest BCUT2D eigenvalue weighted by atomic mass is 10.3. The molecule has 54 heavy (non-hydrogen) atoms. The van der Waals surface area contributed by atoms with Gasteiger partial charge in [0.25, 0.3) is 6.26 Å². The Labute approximate surface area is 320 Å². The highest BCUT2D eigenvalue weighted by molar-refractivity contribution is 5.87. The van der Waals surface area contributed by atoms with Crippen molar-refractivity contribution in [1.29, 1.82) is 5.26 Å². The van der Waals surface area contributed by atoms with E-state index in [9.17, 15) is 24.0 Å². The highest BCUT2D eigenvalue weighted by atomic mass is 16.6. The number of rotatable bonds is 24. The first-order valence-corrected chi connectivity index (χ1v) is 17.6. The zero-order valence-corrected chi connectivity index (χ0v) is 32.9. The summed E-state index contributed by atoms with van der Waals surface area (Å²) in [4.78, 5) is 59.9. The molecule has 0 aromatic rings. The summed E-state index contributed by atoms with van der Waals surface area (Å²) >= 11 is 0. The van der Waals surface area contributed by atoms with E-state index in [0.717, 1.165) is 13.2 Å². The van der Waals surface area contributed by atoms with Crippen molar-refractivity contribution in [1.82, 2.24) is 9.80 Å². The molecule has 1 saturated heterocycles. The molecule has 1 aliphatic rings. The van der Waals surface area contributed by atoms with E-state index in [0.29, 0.717) is 55.7 Å². The number of esters is 5. The maximum atomic E-state index is 11.6. The van der Waals surface area contributed by atoms with E-state index < -0.39 is 17.9 Å². The third-order valence-corrected chi connectivity index (χ3v) is 6.31. The number of ether oxygens (including phenoxy) is 7. The number of carbonyl (C=O) groups excluding carboxylic acids is 5. The number of hydrogen-bond donors (Lipinski definition) is 2. The first kappa shape index (κ1) is 54.0. The quantitative estimate of drug-likeness (QED) is 0.0471. The van der Waals surface area contributed by atoms with Crippen LogP contribution in [0, 0.1) is 11.5 Å². The van der Waals surface area contributed by atoms with Crippen LogP contribution in [0.2, 0.25) is 0 Å². The van der Waals surface area contributed by atoms with Crippen LogP contribution in [0.15, 0.2) is 36.5 Å². The Balaban J connectivity index is -0.000000865. The van der Waals surface area contributed by atoms with Crippen molar-refractivity contribution in [3.05, 3.63) is 36.5 Å². The van der Waals surface area contributed by atoms with Crippen LogP contribution < -0.4 is 0 Å². The lowest BCUT2D eigenvalue weighted by Gasteiger charge is -2.16. The lowest BCUT2D eigenvalue weighted by molar-refractivity contribution is -0.147. The fraction of sp³-hybridized carbons (Fsp3) is 0.676. The van der Waals surface area contributed by atoms with Crippen LogP contribution in [0.5, 0.6) is 0 Å². The predicted octanol–water partition coefficient (Wildman–Crippen LogP) is 2.11. The maximum absolute atomic E-state index is 11.6. The molecule has 17 nitrogen and oxygen atoms in total. The standard InChI is InChI=1S/C21H33NO8.C7H9NO3.C5H13NO2.C4H8O/c1-16(2)20(25)29-12-6-8-18(23)27-14-10-22(5)11-15-28-19(24)9-7-13-30-21(26)17(3)4;1-6(2)7(9)11-4-3-10-5-8;1-6(2-4-7)3-5-8;1-2-4-5-3-1/h1,3,6-15H2,2,4-5H3;1,3-4H2,2H3;7-8H,2-5H2,1H3;1-4H2. The van der Waals surface area contributed by atoms with Crippen LogP contribution in [0.25, 0.3) is 0 Å². The van der Waals surface area contributed by atoms with Crippen molar-refractivity contribution in [3.8, 4) is 6.26 Å². The fourth-order valence-corrected chi connectivity index (χ4v) is 3.20. The average Bonchev–Trinajstić information content (AvgIpc) is 3.71. The Kier molecular flexibility index (Phi) is 38.4. The van der Waals surface area contributed by atoms with Crippen molar-refractivity contribution < 1.29 is 67.3 Å². The van der Waals surface area contributed by atoms with Gasteiger partial charge in [0.1, 0.15) is 26.4 Å². The van der Waals surface area contributed by atoms with E-state index in [2.05, 4.69) is 29.2 Å². The zero-order valence-electron chi connectivity index (χ0n) is 32.9. The number of aliphatic hydroxyl groups is 2. The van der Waals surface area contributed by atoms with Crippen LogP contribution in [-0.2, 0) is 57.1 Å². The Morgan fingerprint density at radius 3 is 1.30 bits per heavy atom. The largest absolute Gasteiger partial charge is 0.464 e. The molecule has 0 saturated carbocycles. The fourth-order valence-electron chi connectivity index (χ4n) is 3.20. The molecular formula is C37H63N3O14. The monoisotopic (exact) mass is 773 g/mol. The molecular weight excluding hydrogens is 710 g/mol. The van der Waals surface area contributed by atoms with E-state index in [1.807, 2.05) is 23.9 Å². The lowest BCUT2D eigenvalue weighted by Crippen LogP contribution is -2.28. The van der Waals surface area contributed by atoms with Crippen molar-refractivity contribution in [2.75, 3.05) is 106 Å². The molecule has 1 aliphatic heterocycles. The van der Waals surface area contributed by atoms with Crippen molar-refractivity contribution in [2.45, 2.75) is 59.3 Å². The minimum Gasteiger partial charge on any atom is -0.464 e. The second kappa shape index (κ2) is 38.4. The zero-order chi connectivity index (χ0) is 41.6. The summed E-state index contributed by atoms with van der Waals surface area (Å²) < 4.78 is 33.8. The molecule has 0 aromatic heterocycles. The van der Waals surface area contributed by atoms with Crippen molar-refractivity contribution in [2.24, 2.45) is 0 Å². The molecule has 0 atom stereocenters. The normalized spacial score (nSPS) is 11.1. The van der Waals surface area contributed by atoms with E-state index in [4.69, 9.17) is 39.2 Å². The van der Waals surface area contributed by atoms with Gasteiger partial charge in [-0.15, -0.1) is 0 Å². The first-order chi connectivity index (χ1) is 25.6. The summed E-state index contributed by atoms with van der Waals surface area (Å²) in [6.07, 6.45) is 5.10. The Morgan fingerprint density at radius 2 is 0.981 bits per heavy atom. The number of nitriles is 1. The molecule has 1 fully saturated rings. The van der Waals surface area contributed by atoms with Gasteiger partial charge in [-0.1, -0.05) is 19.7 Å². The van der Waals surface area contributed by atoms with Gasteiger partial charge in [-0.2, -0.15) is 5.26 Å². The molecule has 0 unspecified atom stereocenters. The van der Waals surface area contributed by atoms with E-state index in [-0.39, 0.29) is 77.6 Å². The van der Waals surface area contributed by atoms with E-state index in [1.54, 1.807) is 20.8 Å². The van der Waals surface area contributed by atoms with Crippen LogP contribution >= 0.6 is 0 Å². The molecule has 0 radical (unpaired) electrons. The van der Waals surface area contributed by atoms with Gasteiger partial charge in [-0.3, -0.25) is 14.5 Å². The molecule has 0 bridgehead atoms. The van der Waals surface area contributed by atoms with Crippen LogP contribution in [0.1, 0.15) is 59.3 Å². The average molecular weight is 774 g/mol. The Bertz CT molecular complexity index is 1070. The number of likely N-dealkylation sites (N-methyl/N-ethyl adjacent to an activating group) is 2. The highest BCUT2D eigenvalue weighted by Crippen LogP contribution is 2.00. The van der Waals surface area contributed by atoms with Gasteiger partial charge in [0.05, 0.1) is 26.4 Å². The molecule has 0 aromatic carbocycles. The molecule has 2 N–H and O–H groups in total. The van der Waals surface area contributed by atoms with Gasteiger partial charge in [-0.05, 0) is 60.5 Å². The van der Waals surface area contributed by atoms with Crippen molar-refractivity contribution in [3.63, 3.8) is 0 Å². The maximum Gasteiger partial charge on any atom is 0.333 e. The number of carbonyl (C=O) groups is 5. The third kappa shape index (κ3) is 40.4. The summed E-state index contributed by atoms with van der Waals surface area (Å²) in [5.74, 6) is -2.15. The molecule has 0 spiro atoms. The highest BCUT2D eigenvalue weighted by Gasteiger charge is 2.09. The molecule has 1 rings (SSSR count). The summed E-state index contributed by atoms with van der Waals surface area (Å²) in [5.41, 5.74) is 0.965. The predicted molar refractivity (Wildman–Crippen MR) is 198 cm³/mol. The summed E-state index contributed by atoms with van der Waals surface area (Å²) in [6, 6.07) is 0. The van der Waals surface area contributed by atoms with Crippen LogP contribution in [-0.4, -0.2) is 156 Å². The second-order valence-electron chi connectivity index (χ2n) is 11.7. The second-order valence-corrected chi connectivity index (χ2v) is 11.7. The van der Waals surface area contributed by atoms with Crippen LogP contribution in [0.3, 0.4) is 0 Å². The Hall–Kier alpha value is -4.34. The van der Waals surface area contributed by atoms with E-state index in [1.165, 1.54) is 19.1 Å². The molecule has 1 heterocycles. The first-order valence-electron chi connectivity index (χ1n) is 17.6. The van der Waals surface area contributed by atoms with Gasteiger partial charge in [-0.25, -0.2) is 14.4 Å². The summed E-state index contributed by atoms with van der Waals surface area (Å²) in [5, 5.41) is 24.6. The molecule has 310 valence electrons.